The van der Waals surface area contributed by atoms with Crippen molar-refractivity contribution in [2.24, 2.45) is 12.8 Å². The van der Waals surface area contributed by atoms with Crippen LogP contribution in [0.3, 0.4) is 0 Å². The Balaban J connectivity index is 2.81. The maximum absolute atomic E-state index is 6.01. The van der Waals surface area contributed by atoms with Crippen LogP contribution in [0, 0.1) is 0 Å². The van der Waals surface area contributed by atoms with E-state index in [-0.39, 0.29) is 6.04 Å². The van der Waals surface area contributed by atoms with Crippen LogP contribution in [0.15, 0.2) is 10.7 Å². The topological polar surface area (TPSA) is 47.1 Å². The monoisotopic (exact) mass is 246 g/mol. The van der Waals surface area contributed by atoms with E-state index in [0.717, 1.165) is 16.7 Å². The van der Waals surface area contributed by atoms with Crippen LogP contribution in [0.1, 0.15) is 11.7 Å². The summed E-state index contributed by atoms with van der Waals surface area (Å²) >= 11 is 3.43. The smallest absolute Gasteiger partial charge is 0.0703 e. The molecule has 0 aliphatic carbocycles. The second kappa shape index (κ2) is 4.21. The molecule has 0 spiro atoms. The van der Waals surface area contributed by atoms with Crippen LogP contribution in [0.25, 0.3) is 0 Å². The van der Waals surface area contributed by atoms with E-state index in [0.29, 0.717) is 0 Å². The van der Waals surface area contributed by atoms with Gasteiger partial charge < -0.3 is 10.6 Å². The van der Waals surface area contributed by atoms with Crippen molar-refractivity contribution in [2.45, 2.75) is 6.04 Å². The van der Waals surface area contributed by atoms with E-state index >= 15 is 0 Å². The van der Waals surface area contributed by atoms with Gasteiger partial charge in [-0.15, -0.1) is 0 Å². The largest absolute Gasteiger partial charge is 0.322 e. The lowest BCUT2D eigenvalue weighted by atomic mass is 10.2. The molecule has 0 saturated heterocycles. The normalized spacial score (nSPS) is 13.7. The van der Waals surface area contributed by atoms with Gasteiger partial charge in [-0.05, 0) is 30.0 Å². The summed E-state index contributed by atoms with van der Waals surface area (Å²) in [6.45, 7) is 0.818. The zero-order chi connectivity index (χ0) is 10.0. The molecule has 1 rings (SSSR count). The Hall–Kier alpha value is -0.390. The molecule has 5 heteroatoms. The first-order valence-corrected chi connectivity index (χ1v) is 4.89. The average molecular weight is 247 g/mol. The predicted octanol–water partition coefficient (Wildman–Crippen LogP) is 0.744. The molecule has 1 aromatic rings. The second-order valence-corrected chi connectivity index (χ2v) is 4.22. The maximum atomic E-state index is 6.01. The van der Waals surface area contributed by atoms with Crippen LogP contribution >= 0.6 is 15.9 Å². The molecule has 0 saturated carbocycles. The molecule has 1 aromatic heterocycles. The molecule has 1 heterocycles. The summed E-state index contributed by atoms with van der Waals surface area (Å²) in [6, 6.07) is -0.00289. The molecule has 0 amide bonds. The van der Waals surface area contributed by atoms with E-state index in [2.05, 4.69) is 25.9 Å². The number of hydrogen-bond acceptors (Lipinski definition) is 3. The standard InChI is InChI=1S/C8H15BrN4/c1-12(2)5-7(10)8-6(9)4-11-13(8)3/h4,7H,5,10H2,1-3H3. The molecular weight excluding hydrogens is 232 g/mol. The lowest BCUT2D eigenvalue weighted by molar-refractivity contribution is 0.368. The Bertz CT molecular complexity index is 262. The summed E-state index contributed by atoms with van der Waals surface area (Å²) in [6.07, 6.45) is 1.77. The van der Waals surface area contributed by atoms with E-state index < -0.39 is 0 Å². The third-order valence-electron chi connectivity index (χ3n) is 1.85. The Morgan fingerprint density at radius 1 is 1.69 bits per heavy atom. The van der Waals surface area contributed by atoms with Crippen molar-refractivity contribution in [1.29, 1.82) is 0 Å². The summed E-state index contributed by atoms with van der Waals surface area (Å²) in [5.41, 5.74) is 7.05. The van der Waals surface area contributed by atoms with Crippen molar-refractivity contribution < 1.29 is 0 Å². The molecule has 0 aromatic carbocycles. The molecule has 1 atom stereocenters. The minimum atomic E-state index is -0.00289. The molecule has 74 valence electrons. The number of aromatic nitrogens is 2. The van der Waals surface area contributed by atoms with Crippen LogP contribution in [0.5, 0.6) is 0 Å². The van der Waals surface area contributed by atoms with Gasteiger partial charge in [-0.1, -0.05) is 0 Å². The Morgan fingerprint density at radius 3 is 2.69 bits per heavy atom. The van der Waals surface area contributed by atoms with Gasteiger partial charge in [0.2, 0.25) is 0 Å². The van der Waals surface area contributed by atoms with Crippen molar-refractivity contribution in [1.82, 2.24) is 14.7 Å². The molecule has 4 nitrogen and oxygen atoms in total. The molecular formula is C8H15BrN4. The fourth-order valence-electron chi connectivity index (χ4n) is 1.32. The highest BCUT2D eigenvalue weighted by Gasteiger charge is 2.14. The number of likely N-dealkylation sites (N-methyl/N-ethyl adjacent to an activating group) is 1. The average Bonchev–Trinajstić information content (AvgIpc) is 2.29. The van der Waals surface area contributed by atoms with Crippen molar-refractivity contribution in [3.05, 3.63) is 16.4 Å². The van der Waals surface area contributed by atoms with Gasteiger partial charge in [0.25, 0.3) is 0 Å². The molecule has 2 N–H and O–H groups in total. The lowest BCUT2D eigenvalue weighted by Gasteiger charge is -2.17. The van der Waals surface area contributed by atoms with Crippen LogP contribution < -0.4 is 5.73 Å². The van der Waals surface area contributed by atoms with Crippen molar-refractivity contribution in [3.63, 3.8) is 0 Å². The summed E-state index contributed by atoms with van der Waals surface area (Å²) in [5.74, 6) is 0. The number of aryl methyl sites for hydroxylation is 1. The van der Waals surface area contributed by atoms with Gasteiger partial charge in [0.1, 0.15) is 0 Å². The third kappa shape index (κ3) is 2.52. The van der Waals surface area contributed by atoms with Gasteiger partial charge in [-0.3, -0.25) is 4.68 Å². The minimum Gasteiger partial charge on any atom is -0.322 e. The highest BCUT2D eigenvalue weighted by molar-refractivity contribution is 9.10. The second-order valence-electron chi connectivity index (χ2n) is 3.37. The van der Waals surface area contributed by atoms with Crippen LogP contribution in [0.2, 0.25) is 0 Å². The maximum Gasteiger partial charge on any atom is 0.0703 e. The van der Waals surface area contributed by atoms with Crippen molar-refractivity contribution in [2.75, 3.05) is 20.6 Å². The number of nitrogens with zero attached hydrogens (tertiary/aromatic N) is 3. The number of nitrogens with two attached hydrogens (primary N) is 1. The molecule has 13 heavy (non-hydrogen) atoms. The van der Waals surface area contributed by atoms with Crippen molar-refractivity contribution in [3.8, 4) is 0 Å². The fraction of sp³-hybridized carbons (Fsp3) is 0.625. The summed E-state index contributed by atoms with van der Waals surface area (Å²) in [7, 11) is 5.91. The Labute approximate surface area is 86.8 Å². The Kier molecular flexibility index (Phi) is 3.47. The highest BCUT2D eigenvalue weighted by atomic mass is 79.9. The van der Waals surface area contributed by atoms with Crippen LogP contribution in [0.4, 0.5) is 0 Å². The zero-order valence-electron chi connectivity index (χ0n) is 8.16. The first-order chi connectivity index (χ1) is 6.02. The van der Waals surface area contributed by atoms with Gasteiger partial charge in [-0.2, -0.15) is 5.10 Å². The highest BCUT2D eigenvalue weighted by Crippen LogP contribution is 2.20. The first-order valence-electron chi connectivity index (χ1n) is 4.10. The molecule has 0 bridgehead atoms. The molecule has 0 radical (unpaired) electrons. The van der Waals surface area contributed by atoms with E-state index in [4.69, 9.17) is 5.73 Å². The molecule has 1 unspecified atom stereocenters. The van der Waals surface area contributed by atoms with E-state index in [1.54, 1.807) is 10.9 Å². The Morgan fingerprint density at radius 2 is 2.31 bits per heavy atom. The van der Waals surface area contributed by atoms with Gasteiger partial charge in [-0.25, -0.2) is 0 Å². The van der Waals surface area contributed by atoms with Crippen LogP contribution in [-0.2, 0) is 7.05 Å². The van der Waals surface area contributed by atoms with E-state index in [1.165, 1.54) is 0 Å². The summed E-state index contributed by atoms with van der Waals surface area (Å²) in [4.78, 5) is 2.06. The SMILES string of the molecule is CN(C)CC(N)c1c(Br)cnn1C. The van der Waals surface area contributed by atoms with Gasteiger partial charge >= 0.3 is 0 Å². The van der Waals surface area contributed by atoms with E-state index in [1.807, 2.05) is 21.1 Å². The summed E-state index contributed by atoms with van der Waals surface area (Å²) < 4.78 is 2.78. The summed E-state index contributed by atoms with van der Waals surface area (Å²) in [5, 5.41) is 4.12. The first kappa shape index (κ1) is 10.7. The number of rotatable bonds is 3. The molecule has 0 aliphatic rings. The zero-order valence-corrected chi connectivity index (χ0v) is 9.74. The third-order valence-corrected chi connectivity index (χ3v) is 2.46. The van der Waals surface area contributed by atoms with E-state index in [9.17, 15) is 0 Å². The number of halogens is 1. The van der Waals surface area contributed by atoms with Gasteiger partial charge in [0, 0.05) is 13.6 Å². The minimum absolute atomic E-state index is 0.00289. The molecule has 0 aliphatic heterocycles. The molecule has 0 fully saturated rings. The predicted molar refractivity (Wildman–Crippen MR) is 56.4 cm³/mol. The van der Waals surface area contributed by atoms with Gasteiger partial charge in [0.05, 0.1) is 22.4 Å². The number of hydrogen-bond donors (Lipinski definition) is 1. The van der Waals surface area contributed by atoms with Crippen molar-refractivity contribution >= 4 is 15.9 Å². The van der Waals surface area contributed by atoms with Crippen LogP contribution in [-0.4, -0.2) is 35.3 Å². The van der Waals surface area contributed by atoms with Gasteiger partial charge in [0.15, 0.2) is 0 Å². The quantitative estimate of drug-likeness (QED) is 0.857. The fourth-order valence-corrected chi connectivity index (χ4v) is 1.96. The lowest BCUT2D eigenvalue weighted by Crippen LogP contribution is -2.27.